The van der Waals surface area contributed by atoms with Crippen LogP contribution in [-0.4, -0.2) is 45.2 Å². The van der Waals surface area contributed by atoms with E-state index in [0.717, 1.165) is 6.42 Å². The predicted molar refractivity (Wildman–Crippen MR) is 79.2 cm³/mol. The Balaban J connectivity index is 0.000000468. The highest BCUT2D eigenvalue weighted by atomic mass is 16.4. The number of carboxylic acids is 3. The third-order valence-electron chi connectivity index (χ3n) is 4.13. The van der Waals surface area contributed by atoms with Crippen molar-refractivity contribution in [2.24, 2.45) is 35.1 Å². The summed E-state index contributed by atoms with van der Waals surface area (Å²) in [5.41, 5.74) is 10.3. The molecule has 0 aromatic heterocycles. The fourth-order valence-electron chi connectivity index (χ4n) is 2.32. The molecule has 9 heteroatoms. The molecule has 9 nitrogen and oxygen atoms in total. The minimum absolute atomic E-state index is 0.0956. The van der Waals surface area contributed by atoms with Gasteiger partial charge in [0.15, 0.2) is 0 Å². The average molecular weight is 332 g/mol. The van der Waals surface area contributed by atoms with Crippen LogP contribution in [0.1, 0.15) is 33.1 Å². The van der Waals surface area contributed by atoms with E-state index in [1.807, 2.05) is 13.8 Å². The van der Waals surface area contributed by atoms with Crippen LogP contribution in [0.25, 0.3) is 0 Å². The van der Waals surface area contributed by atoms with Gasteiger partial charge in [0.1, 0.15) is 0 Å². The predicted octanol–water partition coefficient (Wildman–Crippen LogP) is -0.272. The molecule has 0 aromatic carbocycles. The van der Waals surface area contributed by atoms with E-state index in [4.69, 9.17) is 26.8 Å². The number of rotatable bonds is 6. The summed E-state index contributed by atoms with van der Waals surface area (Å²) in [5, 5.41) is 26.0. The molecule has 0 aliphatic heterocycles. The van der Waals surface area contributed by atoms with Crippen LogP contribution in [0.15, 0.2) is 0 Å². The van der Waals surface area contributed by atoms with Gasteiger partial charge in [-0.15, -0.1) is 0 Å². The molecule has 0 bridgehead atoms. The first-order valence-corrected chi connectivity index (χ1v) is 7.26. The lowest BCUT2D eigenvalue weighted by molar-refractivity contribution is -0.152. The standard InChI is InChI=1S/C8H10O6.C6H14N2O/c9-6(10)3-1-4(7(11)12)5(2-3)8(13)14;1-3-4(2)5(7)6(8)9/h3-5H,1-2H2,(H,9,10)(H,11,12)(H,13,14);4-5H,3,7H2,1-2H3,(H2,8,9). The molecular weight excluding hydrogens is 308 g/mol. The molecule has 1 aliphatic rings. The van der Waals surface area contributed by atoms with Crippen LogP contribution in [0, 0.1) is 23.7 Å². The quantitative estimate of drug-likeness (QED) is 0.440. The van der Waals surface area contributed by atoms with Crippen LogP contribution in [0.2, 0.25) is 0 Å². The van der Waals surface area contributed by atoms with E-state index in [1.54, 1.807) is 0 Å². The highest BCUT2D eigenvalue weighted by Crippen LogP contribution is 2.36. The molecule has 0 spiro atoms. The minimum atomic E-state index is -1.24. The van der Waals surface area contributed by atoms with Crippen molar-refractivity contribution >= 4 is 23.8 Å². The molecule has 4 atom stereocenters. The number of aliphatic carboxylic acids is 3. The molecular formula is C14H24N2O7. The van der Waals surface area contributed by atoms with Crippen molar-refractivity contribution in [3.05, 3.63) is 0 Å². The highest BCUT2D eigenvalue weighted by molar-refractivity contribution is 5.83. The Morgan fingerprint density at radius 3 is 1.57 bits per heavy atom. The van der Waals surface area contributed by atoms with Gasteiger partial charge in [0.25, 0.3) is 0 Å². The Bertz CT molecular complexity index is 444. The van der Waals surface area contributed by atoms with Crippen LogP contribution in [0.4, 0.5) is 0 Å². The molecule has 0 heterocycles. The Hall–Kier alpha value is -2.16. The summed E-state index contributed by atoms with van der Waals surface area (Å²) in [5.74, 6) is -6.81. The molecule has 1 saturated carbocycles. The van der Waals surface area contributed by atoms with Crippen LogP contribution >= 0.6 is 0 Å². The smallest absolute Gasteiger partial charge is 0.307 e. The van der Waals surface area contributed by atoms with Gasteiger partial charge in [0.05, 0.1) is 23.8 Å². The maximum atomic E-state index is 10.6. The molecule has 0 radical (unpaired) electrons. The van der Waals surface area contributed by atoms with Gasteiger partial charge >= 0.3 is 17.9 Å². The van der Waals surface area contributed by atoms with Gasteiger partial charge in [-0.1, -0.05) is 20.3 Å². The summed E-state index contributed by atoms with van der Waals surface area (Å²) in [7, 11) is 0. The van der Waals surface area contributed by atoms with Crippen molar-refractivity contribution in [2.45, 2.75) is 39.2 Å². The van der Waals surface area contributed by atoms with Crippen LogP contribution in [0.5, 0.6) is 0 Å². The summed E-state index contributed by atoms with van der Waals surface area (Å²) in [4.78, 5) is 42.2. The number of hydrogen-bond acceptors (Lipinski definition) is 5. The number of carbonyl (C=O) groups is 4. The summed E-state index contributed by atoms with van der Waals surface area (Å²) in [6.45, 7) is 3.89. The highest BCUT2D eigenvalue weighted by Gasteiger charge is 2.45. The molecule has 1 amide bonds. The molecule has 7 N–H and O–H groups in total. The van der Waals surface area contributed by atoms with Crippen molar-refractivity contribution < 1.29 is 34.5 Å². The van der Waals surface area contributed by atoms with Crippen molar-refractivity contribution in [3.8, 4) is 0 Å². The number of nitrogens with two attached hydrogens (primary N) is 2. The maximum absolute atomic E-state index is 10.6. The van der Waals surface area contributed by atoms with Gasteiger partial charge < -0.3 is 26.8 Å². The second kappa shape index (κ2) is 9.09. The third kappa shape index (κ3) is 6.23. The minimum Gasteiger partial charge on any atom is -0.481 e. The van der Waals surface area contributed by atoms with E-state index >= 15 is 0 Å². The Labute approximate surface area is 133 Å². The van der Waals surface area contributed by atoms with E-state index in [2.05, 4.69) is 0 Å². The second-order valence-electron chi connectivity index (χ2n) is 5.71. The molecule has 132 valence electrons. The first-order chi connectivity index (χ1) is 10.5. The van der Waals surface area contributed by atoms with Crippen LogP contribution in [-0.2, 0) is 19.2 Å². The monoisotopic (exact) mass is 332 g/mol. The topological polar surface area (TPSA) is 181 Å². The van der Waals surface area contributed by atoms with E-state index in [1.165, 1.54) is 0 Å². The van der Waals surface area contributed by atoms with Gasteiger partial charge in [0.2, 0.25) is 5.91 Å². The van der Waals surface area contributed by atoms with Crippen LogP contribution < -0.4 is 11.5 Å². The normalized spacial score (nSPS) is 25.6. The summed E-state index contributed by atoms with van der Waals surface area (Å²) in [6.07, 6.45) is 0.702. The summed E-state index contributed by atoms with van der Waals surface area (Å²) >= 11 is 0. The first kappa shape index (κ1) is 20.8. The van der Waals surface area contributed by atoms with Crippen molar-refractivity contribution in [2.75, 3.05) is 0 Å². The van der Waals surface area contributed by atoms with Crippen molar-refractivity contribution in [3.63, 3.8) is 0 Å². The van der Waals surface area contributed by atoms with Gasteiger partial charge in [-0.2, -0.15) is 0 Å². The maximum Gasteiger partial charge on any atom is 0.307 e. The van der Waals surface area contributed by atoms with E-state index in [-0.39, 0.29) is 18.8 Å². The van der Waals surface area contributed by atoms with Gasteiger partial charge in [-0.05, 0) is 18.8 Å². The second-order valence-corrected chi connectivity index (χ2v) is 5.71. The zero-order valence-electron chi connectivity index (χ0n) is 13.1. The zero-order valence-corrected chi connectivity index (χ0v) is 13.1. The van der Waals surface area contributed by atoms with E-state index in [0.29, 0.717) is 0 Å². The summed E-state index contributed by atoms with van der Waals surface area (Å²) in [6, 6.07) is -0.477. The molecule has 1 aliphatic carbocycles. The lowest BCUT2D eigenvalue weighted by atomic mass is 9.97. The molecule has 4 unspecified atom stereocenters. The Morgan fingerprint density at radius 1 is 1.00 bits per heavy atom. The number of carbonyl (C=O) groups excluding carboxylic acids is 1. The van der Waals surface area contributed by atoms with Crippen molar-refractivity contribution in [1.82, 2.24) is 0 Å². The molecule has 1 rings (SSSR count). The van der Waals surface area contributed by atoms with Crippen LogP contribution in [0.3, 0.4) is 0 Å². The van der Waals surface area contributed by atoms with Crippen molar-refractivity contribution in [1.29, 1.82) is 0 Å². The lowest BCUT2D eigenvalue weighted by Gasteiger charge is -2.13. The Kier molecular flexibility index (Phi) is 8.23. The molecule has 23 heavy (non-hydrogen) atoms. The third-order valence-corrected chi connectivity index (χ3v) is 4.13. The van der Waals surface area contributed by atoms with Gasteiger partial charge in [0, 0.05) is 0 Å². The zero-order chi connectivity index (χ0) is 18.3. The number of amides is 1. The fourth-order valence-corrected chi connectivity index (χ4v) is 2.32. The average Bonchev–Trinajstić information content (AvgIpc) is 2.92. The summed E-state index contributed by atoms with van der Waals surface area (Å²) < 4.78 is 0. The van der Waals surface area contributed by atoms with E-state index in [9.17, 15) is 19.2 Å². The fraction of sp³-hybridized carbons (Fsp3) is 0.714. The van der Waals surface area contributed by atoms with E-state index < -0.39 is 47.6 Å². The number of primary amides is 1. The Morgan fingerprint density at radius 2 is 1.39 bits per heavy atom. The molecule has 1 fully saturated rings. The molecule has 0 aromatic rings. The SMILES string of the molecule is CCC(C)C(N)C(N)=O.O=C(O)C1CC(C(=O)O)C(C(=O)O)C1. The lowest BCUT2D eigenvalue weighted by Crippen LogP contribution is -2.41. The van der Waals surface area contributed by atoms with Gasteiger partial charge in [-0.3, -0.25) is 19.2 Å². The number of hydrogen-bond donors (Lipinski definition) is 5. The van der Waals surface area contributed by atoms with Gasteiger partial charge in [-0.25, -0.2) is 0 Å². The molecule has 0 saturated heterocycles. The first-order valence-electron chi connectivity index (χ1n) is 7.26. The number of carboxylic acid groups (broad SMARTS) is 3. The largest absolute Gasteiger partial charge is 0.481 e.